The zero-order valence-corrected chi connectivity index (χ0v) is 12.8. The van der Waals surface area contributed by atoms with Gasteiger partial charge in [-0.25, -0.2) is 8.42 Å². The molecule has 1 aliphatic heterocycles. The second kappa shape index (κ2) is 5.70. The minimum absolute atomic E-state index is 0.0418. The first-order valence-electron chi connectivity index (χ1n) is 6.17. The second-order valence-electron chi connectivity index (χ2n) is 4.71. The van der Waals surface area contributed by atoms with Crippen molar-refractivity contribution >= 4 is 21.6 Å². The summed E-state index contributed by atoms with van der Waals surface area (Å²) in [5, 5.41) is 9.00. The van der Waals surface area contributed by atoms with Crippen LogP contribution in [0.15, 0.2) is 23.1 Å². The Labute approximate surface area is 123 Å². The molecular formula is C13H15ClN2O3S. The van der Waals surface area contributed by atoms with Crippen molar-refractivity contribution in [3.8, 4) is 6.07 Å². The summed E-state index contributed by atoms with van der Waals surface area (Å²) in [5.74, 6) is 0. The molecule has 1 aromatic carbocycles. The highest BCUT2D eigenvalue weighted by Crippen LogP contribution is 2.29. The molecule has 2 rings (SSSR count). The minimum atomic E-state index is -3.75. The van der Waals surface area contributed by atoms with E-state index in [1.165, 1.54) is 29.6 Å². The highest BCUT2D eigenvalue weighted by molar-refractivity contribution is 7.89. The third kappa shape index (κ3) is 2.67. The molecule has 1 aliphatic rings. The largest absolute Gasteiger partial charge is 0.377 e. The molecule has 5 nitrogen and oxygen atoms in total. The standard InChI is InChI=1S/C13H15ClN2O3S/c1-9-12(5-6-19-9)16(2)20(17,18)13-7-10(8-15)3-4-11(13)14/h3-4,7,9,12H,5-6H2,1-2H3. The van der Waals surface area contributed by atoms with Crippen LogP contribution in [0.5, 0.6) is 0 Å². The molecule has 0 radical (unpaired) electrons. The van der Waals surface area contributed by atoms with E-state index >= 15 is 0 Å². The van der Waals surface area contributed by atoms with E-state index in [9.17, 15) is 8.42 Å². The summed E-state index contributed by atoms with van der Waals surface area (Å²) in [7, 11) is -2.23. The first-order chi connectivity index (χ1) is 9.37. The predicted octanol–water partition coefficient (Wildman–Crippen LogP) is 2.01. The van der Waals surface area contributed by atoms with Crippen molar-refractivity contribution < 1.29 is 13.2 Å². The molecular weight excluding hydrogens is 300 g/mol. The monoisotopic (exact) mass is 314 g/mol. The fourth-order valence-corrected chi connectivity index (χ4v) is 4.25. The summed E-state index contributed by atoms with van der Waals surface area (Å²) in [6.07, 6.45) is 0.486. The molecule has 2 atom stereocenters. The summed E-state index contributed by atoms with van der Waals surface area (Å²) in [6, 6.07) is 5.91. The summed E-state index contributed by atoms with van der Waals surface area (Å²) in [4.78, 5) is -0.0418. The maximum absolute atomic E-state index is 12.6. The van der Waals surface area contributed by atoms with Crippen LogP contribution in [0, 0.1) is 11.3 Å². The van der Waals surface area contributed by atoms with Crippen LogP contribution in [0.4, 0.5) is 0 Å². The third-order valence-corrected chi connectivity index (χ3v) is 5.88. The molecule has 0 saturated carbocycles. The van der Waals surface area contributed by atoms with Gasteiger partial charge < -0.3 is 4.74 Å². The van der Waals surface area contributed by atoms with Crippen LogP contribution in [0.1, 0.15) is 18.9 Å². The molecule has 1 heterocycles. The van der Waals surface area contributed by atoms with Gasteiger partial charge in [-0.05, 0) is 31.5 Å². The number of halogens is 1. The lowest BCUT2D eigenvalue weighted by Crippen LogP contribution is -2.41. The van der Waals surface area contributed by atoms with Crippen molar-refractivity contribution in [3.63, 3.8) is 0 Å². The number of hydrogen-bond acceptors (Lipinski definition) is 4. The maximum Gasteiger partial charge on any atom is 0.244 e. The van der Waals surface area contributed by atoms with Gasteiger partial charge in [0.05, 0.1) is 28.8 Å². The van der Waals surface area contributed by atoms with Crippen LogP contribution in [0.3, 0.4) is 0 Å². The molecule has 2 unspecified atom stereocenters. The number of hydrogen-bond donors (Lipinski definition) is 0. The predicted molar refractivity (Wildman–Crippen MR) is 74.9 cm³/mol. The van der Waals surface area contributed by atoms with Gasteiger partial charge in [0, 0.05) is 13.7 Å². The molecule has 0 aromatic heterocycles. The van der Waals surface area contributed by atoms with Gasteiger partial charge in [-0.2, -0.15) is 9.57 Å². The first kappa shape index (κ1) is 15.3. The molecule has 7 heteroatoms. The van der Waals surface area contributed by atoms with Crippen molar-refractivity contribution in [2.75, 3.05) is 13.7 Å². The third-order valence-electron chi connectivity index (χ3n) is 3.52. The number of benzene rings is 1. The van der Waals surface area contributed by atoms with E-state index in [-0.39, 0.29) is 27.6 Å². The molecule has 1 saturated heterocycles. The maximum atomic E-state index is 12.6. The molecule has 1 aromatic rings. The highest BCUT2D eigenvalue weighted by atomic mass is 35.5. The fourth-order valence-electron chi connectivity index (χ4n) is 2.30. The van der Waals surface area contributed by atoms with Gasteiger partial charge >= 0.3 is 0 Å². The van der Waals surface area contributed by atoms with Gasteiger partial charge in [0.25, 0.3) is 0 Å². The molecule has 0 spiro atoms. The van der Waals surface area contributed by atoms with Gasteiger partial charge in [0.2, 0.25) is 10.0 Å². The number of nitriles is 1. The molecule has 108 valence electrons. The van der Waals surface area contributed by atoms with Gasteiger partial charge in [-0.15, -0.1) is 0 Å². The Kier molecular flexibility index (Phi) is 4.35. The van der Waals surface area contributed by atoms with Crippen LogP contribution in [0.2, 0.25) is 5.02 Å². The van der Waals surface area contributed by atoms with Crippen LogP contribution in [-0.4, -0.2) is 38.5 Å². The Morgan fingerprint density at radius 3 is 2.75 bits per heavy atom. The van der Waals surface area contributed by atoms with Crippen LogP contribution >= 0.6 is 11.6 Å². The smallest absolute Gasteiger partial charge is 0.244 e. The minimum Gasteiger partial charge on any atom is -0.377 e. The zero-order valence-electron chi connectivity index (χ0n) is 11.2. The average Bonchev–Trinajstić information content (AvgIpc) is 2.84. The molecule has 0 aliphatic carbocycles. The molecule has 0 bridgehead atoms. The van der Waals surface area contributed by atoms with E-state index in [1.54, 1.807) is 0 Å². The molecule has 1 fully saturated rings. The first-order valence-corrected chi connectivity index (χ1v) is 7.99. The summed E-state index contributed by atoms with van der Waals surface area (Å²) >= 11 is 5.98. The summed E-state index contributed by atoms with van der Waals surface area (Å²) in [6.45, 7) is 2.38. The lowest BCUT2D eigenvalue weighted by molar-refractivity contribution is 0.102. The Balaban J connectivity index is 2.42. The molecule has 20 heavy (non-hydrogen) atoms. The van der Waals surface area contributed by atoms with Gasteiger partial charge in [-0.3, -0.25) is 0 Å². The topological polar surface area (TPSA) is 70.4 Å². The summed E-state index contributed by atoms with van der Waals surface area (Å²) in [5.41, 5.74) is 0.261. The average molecular weight is 315 g/mol. The van der Waals surface area contributed by atoms with Crippen LogP contribution in [0.25, 0.3) is 0 Å². The van der Waals surface area contributed by atoms with Crippen molar-refractivity contribution in [1.29, 1.82) is 5.26 Å². The van der Waals surface area contributed by atoms with Crippen LogP contribution < -0.4 is 0 Å². The van der Waals surface area contributed by atoms with Crippen molar-refractivity contribution in [3.05, 3.63) is 28.8 Å². The molecule has 0 amide bonds. The summed E-state index contributed by atoms with van der Waals surface area (Å²) < 4.78 is 31.9. The van der Waals surface area contributed by atoms with Crippen molar-refractivity contribution in [2.24, 2.45) is 0 Å². The highest BCUT2D eigenvalue weighted by Gasteiger charge is 2.36. The van der Waals surface area contributed by atoms with Gasteiger partial charge in [0.15, 0.2) is 0 Å². The quantitative estimate of drug-likeness (QED) is 0.855. The fraction of sp³-hybridized carbons (Fsp3) is 0.462. The van der Waals surface area contributed by atoms with E-state index in [2.05, 4.69) is 0 Å². The number of sulfonamides is 1. The van der Waals surface area contributed by atoms with E-state index in [1.807, 2.05) is 13.0 Å². The Morgan fingerprint density at radius 1 is 1.50 bits per heavy atom. The van der Waals surface area contributed by atoms with Gasteiger partial charge in [-0.1, -0.05) is 11.6 Å². The number of likely N-dealkylation sites (N-methyl/N-ethyl adjacent to an activating group) is 1. The van der Waals surface area contributed by atoms with E-state index < -0.39 is 10.0 Å². The van der Waals surface area contributed by atoms with E-state index in [0.717, 1.165) is 0 Å². The normalized spacial score (nSPS) is 22.9. The number of ether oxygens (including phenoxy) is 1. The van der Waals surface area contributed by atoms with Crippen molar-refractivity contribution in [2.45, 2.75) is 30.4 Å². The number of rotatable bonds is 3. The lowest BCUT2D eigenvalue weighted by Gasteiger charge is -2.26. The van der Waals surface area contributed by atoms with Crippen LogP contribution in [-0.2, 0) is 14.8 Å². The van der Waals surface area contributed by atoms with E-state index in [0.29, 0.717) is 13.0 Å². The second-order valence-corrected chi connectivity index (χ2v) is 7.08. The van der Waals surface area contributed by atoms with Gasteiger partial charge in [0.1, 0.15) is 4.90 Å². The van der Waals surface area contributed by atoms with E-state index in [4.69, 9.17) is 21.6 Å². The Bertz CT molecular complexity index is 654. The molecule has 0 N–H and O–H groups in total. The zero-order chi connectivity index (χ0) is 14.9. The number of nitrogens with zero attached hydrogens (tertiary/aromatic N) is 2. The van der Waals surface area contributed by atoms with Crippen molar-refractivity contribution in [1.82, 2.24) is 4.31 Å². The lowest BCUT2D eigenvalue weighted by atomic mass is 10.2. The SMILES string of the molecule is CC1OCCC1N(C)S(=O)(=O)c1cc(C#N)ccc1Cl. The Morgan fingerprint density at radius 2 is 2.20 bits per heavy atom. The Hall–Kier alpha value is -1.13.